The summed E-state index contributed by atoms with van der Waals surface area (Å²) in [7, 11) is 0. The largest absolute Gasteiger partial charge is 0.494 e. The minimum absolute atomic E-state index is 0.127. The number of nitrogens with zero attached hydrogens (tertiary/aromatic N) is 1. The number of benzene rings is 2. The van der Waals surface area contributed by atoms with Gasteiger partial charge in [0.2, 0.25) is 0 Å². The van der Waals surface area contributed by atoms with E-state index < -0.39 is 5.41 Å². The summed E-state index contributed by atoms with van der Waals surface area (Å²) in [6, 6.07) is 15.9. The lowest BCUT2D eigenvalue weighted by atomic mass is 9.87. The van der Waals surface area contributed by atoms with E-state index in [0.717, 1.165) is 72.0 Å². The highest BCUT2D eigenvalue weighted by Crippen LogP contribution is 2.25. The third-order valence-corrected chi connectivity index (χ3v) is 6.74. The van der Waals surface area contributed by atoms with Gasteiger partial charge in [0.1, 0.15) is 11.5 Å². The van der Waals surface area contributed by atoms with Crippen LogP contribution in [0.2, 0.25) is 0 Å². The zero-order valence-corrected chi connectivity index (χ0v) is 22.0. The Kier molecular flexibility index (Phi) is 10.8. The van der Waals surface area contributed by atoms with Crippen molar-refractivity contribution >= 4 is 28.8 Å². The fraction of sp³-hybridized carbons (Fsp3) is 0.500. The zero-order valence-electron chi connectivity index (χ0n) is 21.2. The molecule has 35 heavy (non-hydrogen) atoms. The Hall–Kier alpha value is -2.67. The molecule has 0 unspecified atom stereocenters. The lowest BCUT2D eigenvalue weighted by Crippen LogP contribution is -2.26. The molecular weight excluding hydrogens is 460 g/mol. The molecule has 7 heteroatoms. The van der Waals surface area contributed by atoms with Crippen LogP contribution in [-0.2, 0) is 9.53 Å². The standard InChI is InChI=1S/C28H38N2O4S/c1-4-32-26(31)28(2,3)18-8-10-20-34-23-16-14-22(15-17-23)33-19-9-5-11-21-35-27-29-24-12-6-7-13-25(24)30-27/h6-7,12-17H,4-5,8-11,18-21H2,1-3H3,(H,29,30). The maximum Gasteiger partial charge on any atom is 0.311 e. The van der Waals surface area contributed by atoms with Crippen LogP contribution in [0, 0.1) is 5.41 Å². The Morgan fingerprint density at radius 2 is 1.57 bits per heavy atom. The Balaban J connectivity index is 1.22. The molecule has 0 saturated carbocycles. The maximum atomic E-state index is 11.9. The average molecular weight is 499 g/mol. The normalized spacial score (nSPS) is 11.5. The Labute approximate surface area is 213 Å². The molecule has 3 rings (SSSR count). The summed E-state index contributed by atoms with van der Waals surface area (Å²) < 4.78 is 16.8. The second-order valence-electron chi connectivity index (χ2n) is 9.20. The van der Waals surface area contributed by atoms with E-state index in [1.165, 1.54) is 0 Å². The molecule has 0 bridgehead atoms. The smallest absolute Gasteiger partial charge is 0.311 e. The lowest BCUT2D eigenvalue weighted by molar-refractivity contribution is -0.153. The Morgan fingerprint density at radius 1 is 0.914 bits per heavy atom. The monoisotopic (exact) mass is 498 g/mol. The van der Waals surface area contributed by atoms with Gasteiger partial charge in [0.15, 0.2) is 5.16 Å². The highest BCUT2D eigenvalue weighted by atomic mass is 32.2. The number of ether oxygens (including phenoxy) is 3. The van der Waals surface area contributed by atoms with Crippen molar-refractivity contribution in [2.45, 2.75) is 64.5 Å². The molecule has 0 radical (unpaired) electrons. The third kappa shape index (κ3) is 9.13. The summed E-state index contributed by atoms with van der Waals surface area (Å²) >= 11 is 1.77. The van der Waals surface area contributed by atoms with Gasteiger partial charge in [-0.25, -0.2) is 4.98 Å². The van der Waals surface area contributed by atoms with Crippen LogP contribution in [0.4, 0.5) is 0 Å². The Morgan fingerprint density at radius 3 is 2.23 bits per heavy atom. The summed E-state index contributed by atoms with van der Waals surface area (Å²) in [5.74, 6) is 2.62. The number of carbonyl (C=O) groups is 1. The van der Waals surface area contributed by atoms with Crippen molar-refractivity contribution in [1.29, 1.82) is 0 Å². The van der Waals surface area contributed by atoms with E-state index in [4.69, 9.17) is 14.2 Å². The second kappa shape index (κ2) is 14.0. The van der Waals surface area contributed by atoms with Gasteiger partial charge in [-0.2, -0.15) is 0 Å². The predicted molar refractivity (Wildman–Crippen MR) is 142 cm³/mol. The summed E-state index contributed by atoms with van der Waals surface area (Å²) in [6.45, 7) is 7.48. The molecule has 1 N–H and O–H groups in total. The van der Waals surface area contributed by atoms with Gasteiger partial charge < -0.3 is 19.2 Å². The topological polar surface area (TPSA) is 73.4 Å². The maximum absolute atomic E-state index is 11.9. The summed E-state index contributed by atoms with van der Waals surface area (Å²) in [5.41, 5.74) is 1.67. The van der Waals surface area contributed by atoms with Gasteiger partial charge in [0.25, 0.3) is 0 Å². The van der Waals surface area contributed by atoms with Crippen molar-refractivity contribution in [3.63, 3.8) is 0 Å². The number of nitrogens with one attached hydrogen (secondary N) is 1. The molecule has 0 fully saturated rings. The van der Waals surface area contributed by atoms with E-state index in [1.807, 2.05) is 63.2 Å². The van der Waals surface area contributed by atoms with E-state index in [9.17, 15) is 4.79 Å². The predicted octanol–water partition coefficient (Wildman–Crippen LogP) is 7.04. The number of hydrogen-bond donors (Lipinski definition) is 1. The van der Waals surface area contributed by atoms with E-state index in [0.29, 0.717) is 19.8 Å². The number of esters is 1. The van der Waals surface area contributed by atoms with Gasteiger partial charge in [0.05, 0.1) is 36.3 Å². The minimum Gasteiger partial charge on any atom is -0.494 e. The molecule has 0 amide bonds. The fourth-order valence-corrected chi connectivity index (χ4v) is 4.54. The van der Waals surface area contributed by atoms with Crippen LogP contribution in [-0.4, -0.2) is 41.5 Å². The number of carbonyl (C=O) groups excluding carboxylic acids is 1. The van der Waals surface area contributed by atoms with Crippen molar-refractivity contribution in [2.75, 3.05) is 25.6 Å². The van der Waals surface area contributed by atoms with Crippen LogP contribution in [0.25, 0.3) is 11.0 Å². The number of rotatable bonds is 16. The first-order valence-corrected chi connectivity index (χ1v) is 13.6. The van der Waals surface area contributed by atoms with Crippen LogP contribution < -0.4 is 9.47 Å². The molecule has 0 aliphatic heterocycles. The van der Waals surface area contributed by atoms with Gasteiger partial charge >= 0.3 is 5.97 Å². The molecule has 190 valence electrons. The summed E-state index contributed by atoms with van der Waals surface area (Å²) in [5, 5.41) is 0.991. The van der Waals surface area contributed by atoms with Crippen LogP contribution >= 0.6 is 11.8 Å². The van der Waals surface area contributed by atoms with Crippen LogP contribution in [0.1, 0.15) is 59.3 Å². The molecule has 0 spiro atoms. The molecular formula is C28H38N2O4S. The summed E-state index contributed by atoms with van der Waals surface area (Å²) in [6.07, 6.45) is 5.90. The van der Waals surface area contributed by atoms with Crippen molar-refractivity contribution in [3.8, 4) is 11.5 Å². The molecule has 0 atom stereocenters. The highest BCUT2D eigenvalue weighted by Gasteiger charge is 2.28. The molecule has 2 aromatic carbocycles. The molecule has 3 aromatic rings. The highest BCUT2D eigenvalue weighted by molar-refractivity contribution is 7.99. The van der Waals surface area contributed by atoms with Gasteiger partial charge in [-0.15, -0.1) is 0 Å². The first-order valence-electron chi connectivity index (χ1n) is 12.6. The van der Waals surface area contributed by atoms with Gasteiger partial charge in [-0.3, -0.25) is 4.79 Å². The van der Waals surface area contributed by atoms with Crippen molar-refractivity contribution < 1.29 is 19.0 Å². The average Bonchev–Trinajstić information content (AvgIpc) is 3.27. The zero-order chi connectivity index (χ0) is 24.9. The van der Waals surface area contributed by atoms with E-state index >= 15 is 0 Å². The second-order valence-corrected chi connectivity index (χ2v) is 10.3. The molecule has 0 aliphatic rings. The fourth-order valence-electron chi connectivity index (χ4n) is 3.66. The van der Waals surface area contributed by atoms with Crippen molar-refractivity contribution in [1.82, 2.24) is 9.97 Å². The van der Waals surface area contributed by atoms with Crippen molar-refractivity contribution in [3.05, 3.63) is 48.5 Å². The van der Waals surface area contributed by atoms with Gasteiger partial charge in [-0.1, -0.05) is 23.9 Å². The van der Waals surface area contributed by atoms with Crippen molar-refractivity contribution in [2.24, 2.45) is 5.41 Å². The number of H-pyrrole nitrogens is 1. The third-order valence-electron chi connectivity index (χ3n) is 5.78. The summed E-state index contributed by atoms with van der Waals surface area (Å²) in [4.78, 5) is 19.9. The van der Waals surface area contributed by atoms with Gasteiger partial charge in [0, 0.05) is 5.75 Å². The van der Waals surface area contributed by atoms with Gasteiger partial charge in [-0.05, 0) is 95.7 Å². The number of fused-ring (bicyclic) bond motifs is 1. The number of para-hydroxylation sites is 2. The first-order chi connectivity index (χ1) is 17.0. The molecule has 1 heterocycles. The number of aromatic nitrogens is 2. The molecule has 1 aromatic heterocycles. The van der Waals surface area contributed by atoms with E-state index in [1.54, 1.807) is 11.8 Å². The van der Waals surface area contributed by atoms with Crippen LogP contribution in [0.5, 0.6) is 11.5 Å². The minimum atomic E-state index is -0.442. The number of aromatic amines is 1. The lowest BCUT2D eigenvalue weighted by Gasteiger charge is -2.21. The number of thioether (sulfide) groups is 1. The molecule has 0 aliphatic carbocycles. The SMILES string of the molecule is CCOC(=O)C(C)(C)CCCCOc1ccc(OCCCCCSc2nc3ccccc3[nH]2)cc1. The number of imidazole rings is 1. The van der Waals surface area contributed by atoms with Crippen LogP contribution in [0.3, 0.4) is 0 Å². The van der Waals surface area contributed by atoms with E-state index in [-0.39, 0.29) is 5.97 Å². The van der Waals surface area contributed by atoms with E-state index in [2.05, 4.69) is 16.0 Å². The number of hydrogen-bond acceptors (Lipinski definition) is 6. The number of unbranched alkanes of at least 4 members (excludes halogenated alkanes) is 3. The quantitative estimate of drug-likeness (QED) is 0.130. The Bertz CT molecular complexity index is 1000. The first kappa shape index (κ1) is 26.9. The molecule has 6 nitrogen and oxygen atoms in total. The van der Waals surface area contributed by atoms with Crippen LogP contribution in [0.15, 0.2) is 53.7 Å². The molecule has 0 saturated heterocycles.